The summed E-state index contributed by atoms with van der Waals surface area (Å²) in [5.41, 5.74) is 2.33. The highest BCUT2D eigenvalue weighted by atomic mass is 79.9. The van der Waals surface area contributed by atoms with E-state index in [0.717, 1.165) is 22.4 Å². The van der Waals surface area contributed by atoms with Crippen molar-refractivity contribution in [2.45, 2.75) is 12.5 Å². The zero-order valence-electron chi connectivity index (χ0n) is 10.4. The molecule has 0 N–H and O–H groups in total. The molecular weight excluding hydrogens is 302 g/mol. The second-order valence-corrected chi connectivity index (χ2v) is 5.42. The second-order valence-electron chi connectivity index (χ2n) is 4.57. The van der Waals surface area contributed by atoms with Crippen LogP contribution < -0.4 is 0 Å². The zero-order valence-corrected chi connectivity index (χ0v) is 12.0. The molecule has 2 aromatic carbocycles. The maximum absolute atomic E-state index is 5.72. The normalized spacial score (nSPS) is 17.9. The maximum Gasteiger partial charge on any atom is 0.217 e. The highest BCUT2D eigenvalue weighted by molar-refractivity contribution is 9.10. The number of aliphatic imine (C=N–C) groups is 1. The van der Waals surface area contributed by atoms with Crippen LogP contribution in [0.15, 0.2) is 64.1 Å². The minimum Gasteiger partial charge on any atom is -0.475 e. The van der Waals surface area contributed by atoms with Crippen LogP contribution in [0.2, 0.25) is 0 Å². The number of ether oxygens (including phenoxy) is 1. The van der Waals surface area contributed by atoms with Crippen molar-refractivity contribution in [3.63, 3.8) is 0 Å². The van der Waals surface area contributed by atoms with Crippen LogP contribution in [-0.4, -0.2) is 18.5 Å². The first kappa shape index (κ1) is 12.4. The van der Waals surface area contributed by atoms with Crippen molar-refractivity contribution in [3.05, 3.63) is 70.2 Å². The fourth-order valence-corrected chi connectivity index (χ4v) is 2.64. The first-order chi connectivity index (χ1) is 9.33. The van der Waals surface area contributed by atoms with Gasteiger partial charge in [0, 0.05) is 4.47 Å². The van der Waals surface area contributed by atoms with Gasteiger partial charge in [0.05, 0.1) is 11.6 Å². The lowest BCUT2D eigenvalue weighted by molar-refractivity contribution is 0.317. The molecule has 0 amide bonds. The molecule has 0 saturated heterocycles. The fourth-order valence-electron chi connectivity index (χ4n) is 2.19. The molecule has 0 unspecified atom stereocenters. The third kappa shape index (κ3) is 2.87. The highest BCUT2D eigenvalue weighted by Gasteiger charge is 2.21. The molecule has 1 aliphatic rings. The van der Waals surface area contributed by atoms with E-state index in [1.807, 2.05) is 30.3 Å². The molecule has 0 bridgehead atoms. The number of halogens is 1. The number of hydrogen-bond donors (Lipinski definition) is 0. The Morgan fingerprint density at radius 2 is 1.79 bits per heavy atom. The van der Waals surface area contributed by atoms with E-state index in [9.17, 15) is 0 Å². The summed E-state index contributed by atoms with van der Waals surface area (Å²) in [6.45, 7) is 0.658. The molecule has 3 rings (SSSR count). The SMILES string of the molecule is Brc1ccccc1C1=N[C@@H](Cc2ccccc2)CO1. The van der Waals surface area contributed by atoms with Gasteiger partial charge in [-0.05, 0) is 40.0 Å². The van der Waals surface area contributed by atoms with Crippen molar-refractivity contribution >= 4 is 21.8 Å². The Balaban J connectivity index is 1.77. The molecule has 1 heterocycles. The molecule has 2 aromatic rings. The summed E-state index contributed by atoms with van der Waals surface area (Å²) in [6.07, 6.45) is 0.925. The highest BCUT2D eigenvalue weighted by Crippen LogP contribution is 2.21. The molecular formula is C16H14BrNO. The van der Waals surface area contributed by atoms with Crippen molar-refractivity contribution in [3.8, 4) is 0 Å². The molecule has 3 heteroatoms. The lowest BCUT2D eigenvalue weighted by Gasteiger charge is -2.04. The van der Waals surface area contributed by atoms with Gasteiger partial charge in [-0.25, -0.2) is 4.99 Å². The molecule has 1 aliphatic heterocycles. The first-order valence-electron chi connectivity index (χ1n) is 6.32. The van der Waals surface area contributed by atoms with Crippen LogP contribution in [-0.2, 0) is 11.2 Å². The topological polar surface area (TPSA) is 21.6 Å². The van der Waals surface area contributed by atoms with E-state index in [1.54, 1.807) is 0 Å². The van der Waals surface area contributed by atoms with Gasteiger partial charge in [-0.3, -0.25) is 0 Å². The summed E-state index contributed by atoms with van der Waals surface area (Å²) in [4.78, 5) is 4.68. The monoisotopic (exact) mass is 315 g/mol. The first-order valence-corrected chi connectivity index (χ1v) is 7.11. The quantitative estimate of drug-likeness (QED) is 0.843. The number of rotatable bonds is 3. The summed E-state index contributed by atoms with van der Waals surface area (Å²) >= 11 is 3.53. The van der Waals surface area contributed by atoms with Gasteiger partial charge in [-0.1, -0.05) is 42.5 Å². The Morgan fingerprint density at radius 1 is 1.05 bits per heavy atom. The molecule has 19 heavy (non-hydrogen) atoms. The Labute approximate surface area is 121 Å². The third-order valence-electron chi connectivity index (χ3n) is 3.13. The zero-order chi connectivity index (χ0) is 13.1. The van der Waals surface area contributed by atoms with Crippen molar-refractivity contribution in [1.29, 1.82) is 0 Å². The van der Waals surface area contributed by atoms with Gasteiger partial charge in [0.1, 0.15) is 6.61 Å². The van der Waals surface area contributed by atoms with E-state index in [-0.39, 0.29) is 6.04 Å². The molecule has 0 aromatic heterocycles. The van der Waals surface area contributed by atoms with Gasteiger partial charge >= 0.3 is 0 Å². The smallest absolute Gasteiger partial charge is 0.217 e. The molecule has 0 spiro atoms. The van der Waals surface area contributed by atoms with E-state index >= 15 is 0 Å². The summed E-state index contributed by atoms with van der Waals surface area (Å²) in [7, 11) is 0. The Hall–Kier alpha value is -1.61. The van der Waals surface area contributed by atoms with Gasteiger partial charge in [0.2, 0.25) is 5.90 Å². The van der Waals surface area contributed by atoms with Crippen LogP contribution in [0.1, 0.15) is 11.1 Å². The molecule has 1 atom stereocenters. The Morgan fingerprint density at radius 3 is 2.58 bits per heavy atom. The third-order valence-corrected chi connectivity index (χ3v) is 3.82. The van der Waals surface area contributed by atoms with Crippen molar-refractivity contribution in [2.75, 3.05) is 6.61 Å². The van der Waals surface area contributed by atoms with Crippen LogP contribution in [0.4, 0.5) is 0 Å². The average Bonchev–Trinajstić information content (AvgIpc) is 2.89. The van der Waals surface area contributed by atoms with Crippen molar-refractivity contribution in [1.82, 2.24) is 0 Å². The minimum atomic E-state index is 0.213. The molecule has 96 valence electrons. The predicted molar refractivity (Wildman–Crippen MR) is 80.6 cm³/mol. The second kappa shape index (κ2) is 5.57. The van der Waals surface area contributed by atoms with E-state index in [0.29, 0.717) is 6.61 Å². The van der Waals surface area contributed by atoms with Gasteiger partial charge in [-0.2, -0.15) is 0 Å². The fraction of sp³-hybridized carbons (Fsp3) is 0.188. The van der Waals surface area contributed by atoms with Gasteiger partial charge in [-0.15, -0.1) is 0 Å². The number of benzene rings is 2. The summed E-state index contributed by atoms with van der Waals surface area (Å²) < 4.78 is 6.75. The predicted octanol–water partition coefficient (Wildman–Crippen LogP) is 3.84. The van der Waals surface area contributed by atoms with Crippen LogP contribution in [0.5, 0.6) is 0 Å². The number of nitrogens with zero attached hydrogens (tertiary/aromatic N) is 1. The number of hydrogen-bond acceptors (Lipinski definition) is 2. The lowest BCUT2D eigenvalue weighted by atomic mass is 10.1. The Bertz CT molecular complexity index is 595. The van der Waals surface area contributed by atoms with Crippen LogP contribution >= 0.6 is 15.9 Å². The van der Waals surface area contributed by atoms with E-state index in [2.05, 4.69) is 45.2 Å². The molecule has 2 nitrogen and oxygen atoms in total. The summed E-state index contributed by atoms with van der Waals surface area (Å²) in [5, 5.41) is 0. The van der Waals surface area contributed by atoms with Crippen molar-refractivity contribution < 1.29 is 4.74 Å². The molecule has 0 saturated carbocycles. The van der Waals surface area contributed by atoms with Gasteiger partial charge in [0.15, 0.2) is 0 Å². The minimum absolute atomic E-state index is 0.213. The lowest BCUT2D eigenvalue weighted by Crippen LogP contribution is -2.09. The van der Waals surface area contributed by atoms with Crippen LogP contribution in [0.3, 0.4) is 0 Å². The van der Waals surface area contributed by atoms with E-state index < -0.39 is 0 Å². The Kier molecular flexibility index (Phi) is 3.65. The molecule has 0 fully saturated rings. The van der Waals surface area contributed by atoms with Gasteiger partial charge in [0.25, 0.3) is 0 Å². The van der Waals surface area contributed by atoms with Crippen molar-refractivity contribution in [2.24, 2.45) is 4.99 Å². The van der Waals surface area contributed by atoms with Crippen LogP contribution in [0.25, 0.3) is 0 Å². The van der Waals surface area contributed by atoms with E-state index in [1.165, 1.54) is 5.56 Å². The largest absolute Gasteiger partial charge is 0.475 e. The van der Waals surface area contributed by atoms with Crippen LogP contribution in [0, 0.1) is 0 Å². The standard InChI is InChI=1S/C16H14BrNO/c17-15-9-5-4-8-14(15)16-18-13(11-19-16)10-12-6-2-1-3-7-12/h1-9,13H,10-11H2/t13-/m0/s1. The summed E-state index contributed by atoms with van der Waals surface area (Å²) in [5.74, 6) is 0.744. The van der Waals surface area contributed by atoms with E-state index in [4.69, 9.17) is 4.74 Å². The summed E-state index contributed by atoms with van der Waals surface area (Å²) in [6, 6.07) is 18.6. The average molecular weight is 316 g/mol. The molecule has 0 aliphatic carbocycles. The molecule has 0 radical (unpaired) electrons. The van der Waals surface area contributed by atoms with Gasteiger partial charge < -0.3 is 4.74 Å². The maximum atomic E-state index is 5.72.